The van der Waals surface area contributed by atoms with Crippen molar-refractivity contribution in [3.8, 4) is 0 Å². The molecule has 0 saturated heterocycles. The van der Waals surface area contributed by atoms with Gasteiger partial charge in [-0.1, -0.05) is 84.4 Å². The highest BCUT2D eigenvalue weighted by Gasteiger charge is 2.60. The highest BCUT2D eigenvalue weighted by Crippen LogP contribution is 2.58. The number of carbonyl (C=O) groups excluding carboxylic acids is 1. The summed E-state index contributed by atoms with van der Waals surface area (Å²) < 4.78 is 0. The van der Waals surface area contributed by atoms with Gasteiger partial charge in [0.1, 0.15) is 0 Å². The highest BCUT2D eigenvalue weighted by molar-refractivity contribution is 6.30. The number of nitrogens with zero attached hydrogens (tertiary/aromatic N) is 1. The normalized spacial score (nSPS) is 17.6. The van der Waals surface area contributed by atoms with Gasteiger partial charge in [0.15, 0.2) is 0 Å². The first-order valence-electron chi connectivity index (χ1n) is 8.90. The molecule has 3 aromatic rings. The second-order valence-electron chi connectivity index (χ2n) is 6.75. The van der Waals surface area contributed by atoms with E-state index in [1.807, 2.05) is 48.5 Å². The van der Waals surface area contributed by atoms with Gasteiger partial charge >= 0.3 is 0 Å². The van der Waals surface area contributed by atoms with Crippen LogP contribution in [0.15, 0.2) is 90.0 Å². The van der Waals surface area contributed by atoms with Crippen LogP contribution in [0.25, 0.3) is 0 Å². The zero-order valence-corrected chi connectivity index (χ0v) is 15.4. The summed E-state index contributed by atoms with van der Waals surface area (Å²) in [6.07, 6.45) is 2.39. The van der Waals surface area contributed by atoms with Crippen LogP contribution in [0.3, 0.4) is 0 Å². The first kappa shape index (κ1) is 17.5. The molecule has 4 heteroatoms. The predicted octanol–water partition coefficient (Wildman–Crippen LogP) is 4.80. The lowest BCUT2D eigenvalue weighted by molar-refractivity contribution is -0.122. The van der Waals surface area contributed by atoms with Crippen molar-refractivity contribution in [2.24, 2.45) is 11.0 Å². The molecule has 0 aromatic heterocycles. The van der Waals surface area contributed by atoms with Crippen LogP contribution in [0.4, 0.5) is 0 Å². The maximum absolute atomic E-state index is 12.8. The predicted molar refractivity (Wildman–Crippen MR) is 109 cm³/mol. The maximum atomic E-state index is 12.8. The third kappa shape index (κ3) is 3.51. The van der Waals surface area contributed by atoms with Gasteiger partial charge in [-0.25, -0.2) is 5.43 Å². The van der Waals surface area contributed by atoms with E-state index in [2.05, 4.69) is 34.8 Å². The van der Waals surface area contributed by atoms with Crippen molar-refractivity contribution < 1.29 is 4.79 Å². The molecule has 0 radical (unpaired) electrons. The number of halogens is 1. The Morgan fingerprint density at radius 2 is 1.59 bits per heavy atom. The van der Waals surface area contributed by atoms with E-state index in [4.69, 9.17) is 11.6 Å². The molecule has 134 valence electrons. The Kier molecular flexibility index (Phi) is 4.78. The molecule has 1 aliphatic carbocycles. The van der Waals surface area contributed by atoms with Crippen molar-refractivity contribution in [2.75, 3.05) is 0 Å². The molecule has 0 heterocycles. The van der Waals surface area contributed by atoms with Crippen LogP contribution in [0.2, 0.25) is 5.02 Å². The van der Waals surface area contributed by atoms with E-state index in [0.29, 0.717) is 5.02 Å². The van der Waals surface area contributed by atoms with Gasteiger partial charge in [0.25, 0.3) is 0 Å². The van der Waals surface area contributed by atoms with Gasteiger partial charge in [0.05, 0.1) is 12.1 Å². The number of amides is 1. The number of rotatable bonds is 5. The van der Waals surface area contributed by atoms with Crippen molar-refractivity contribution in [3.05, 3.63) is 107 Å². The fourth-order valence-electron chi connectivity index (χ4n) is 3.69. The third-order valence-corrected chi connectivity index (χ3v) is 5.33. The van der Waals surface area contributed by atoms with E-state index >= 15 is 0 Å². The number of hydrazone groups is 1. The Bertz CT molecular complexity index is 930. The molecule has 1 atom stereocenters. The lowest BCUT2D eigenvalue weighted by atomic mass is 9.85. The minimum absolute atomic E-state index is 0.0685. The summed E-state index contributed by atoms with van der Waals surface area (Å²) in [5, 5.41) is 4.75. The second-order valence-corrected chi connectivity index (χ2v) is 7.19. The molecule has 1 aliphatic rings. The van der Waals surface area contributed by atoms with E-state index in [9.17, 15) is 4.79 Å². The quantitative estimate of drug-likeness (QED) is 0.506. The molecule has 1 saturated carbocycles. The summed E-state index contributed by atoms with van der Waals surface area (Å²) in [6.45, 7) is 0. The van der Waals surface area contributed by atoms with E-state index < -0.39 is 0 Å². The lowest BCUT2D eigenvalue weighted by Crippen LogP contribution is -2.25. The molecular formula is C23H19ClN2O. The van der Waals surface area contributed by atoms with Crippen LogP contribution in [-0.2, 0) is 10.2 Å². The van der Waals surface area contributed by atoms with Gasteiger partial charge in [0.2, 0.25) is 5.91 Å². The largest absolute Gasteiger partial charge is 0.273 e. The Morgan fingerprint density at radius 3 is 2.19 bits per heavy atom. The molecule has 0 unspecified atom stereocenters. The van der Waals surface area contributed by atoms with Crippen molar-refractivity contribution in [2.45, 2.75) is 11.8 Å². The number of benzene rings is 3. The summed E-state index contributed by atoms with van der Waals surface area (Å²) in [7, 11) is 0. The van der Waals surface area contributed by atoms with Crippen molar-refractivity contribution >= 4 is 23.7 Å². The zero-order chi connectivity index (χ0) is 18.7. The Hall–Kier alpha value is -2.91. The number of carbonyl (C=O) groups is 1. The summed E-state index contributed by atoms with van der Waals surface area (Å²) >= 11 is 5.97. The zero-order valence-electron chi connectivity index (χ0n) is 14.7. The number of hydrogen-bond acceptors (Lipinski definition) is 2. The highest BCUT2D eigenvalue weighted by atomic mass is 35.5. The molecule has 1 N–H and O–H groups in total. The Labute approximate surface area is 163 Å². The van der Waals surface area contributed by atoms with Crippen molar-refractivity contribution in [1.82, 2.24) is 5.43 Å². The van der Waals surface area contributed by atoms with E-state index in [0.717, 1.165) is 23.1 Å². The minimum Gasteiger partial charge on any atom is -0.273 e. The lowest BCUT2D eigenvalue weighted by Gasteiger charge is -2.18. The van der Waals surface area contributed by atoms with Crippen LogP contribution in [0, 0.1) is 5.92 Å². The first-order chi connectivity index (χ1) is 13.2. The van der Waals surface area contributed by atoms with Crippen LogP contribution >= 0.6 is 11.6 Å². The van der Waals surface area contributed by atoms with Crippen LogP contribution < -0.4 is 5.43 Å². The number of hydrogen-bond donors (Lipinski definition) is 1. The first-order valence-corrected chi connectivity index (χ1v) is 9.27. The van der Waals surface area contributed by atoms with Crippen LogP contribution in [-0.4, -0.2) is 12.1 Å². The van der Waals surface area contributed by atoms with Gasteiger partial charge < -0.3 is 0 Å². The second kappa shape index (κ2) is 7.37. The van der Waals surface area contributed by atoms with Gasteiger partial charge in [-0.3, -0.25) is 4.79 Å². The summed E-state index contributed by atoms with van der Waals surface area (Å²) in [6, 6.07) is 27.8. The third-order valence-electron chi connectivity index (χ3n) is 5.09. The van der Waals surface area contributed by atoms with Crippen LogP contribution in [0.1, 0.15) is 23.1 Å². The molecule has 1 amide bonds. The summed E-state index contributed by atoms with van der Waals surface area (Å²) in [5.41, 5.74) is 5.58. The summed E-state index contributed by atoms with van der Waals surface area (Å²) in [4.78, 5) is 12.8. The van der Waals surface area contributed by atoms with Gasteiger partial charge in [-0.15, -0.1) is 0 Å². The van der Waals surface area contributed by atoms with Crippen molar-refractivity contribution in [3.63, 3.8) is 0 Å². The number of nitrogens with one attached hydrogen (secondary N) is 1. The van der Waals surface area contributed by atoms with Gasteiger partial charge in [0, 0.05) is 10.4 Å². The monoisotopic (exact) mass is 374 g/mol. The molecule has 0 bridgehead atoms. The fourth-order valence-corrected chi connectivity index (χ4v) is 3.89. The van der Waals surface area contributed by atoms with Gasteiger partial charge in [-0.05, 0) is 35.2 Å². The molecule has 0 spiro atoms. The molecule has 3 aromatic carbocycles. The standard InChI is InChI=1S/C23H19ClN2O/c24-20-13-7-8-17(14-20)16-25-26-22(27)21-15-23(21,18-9-3-1-4-10-18)19-11-5-2-6-12-19/h1-14,16,21H,15H2,(H,26,27)/b25-16+/t21-/m0/s1. The molecule has 1 fully saturated rings. The SMILES string of the molecule is O=C(N/N=C/c1cccc(Cl)c1)[C@@H]1CC1(c1ccccc1)c1ccccc1. The minimum atomic E-state index is -0.280. The van der Waals surface area contributed by atoms with Crippen molar-refractivity contribution in [1.29, 1.82) is 0 Å². The van der Waals surface area contributed by atoms with E-state index in [1.54, 1.807) is 18.3 Å². The molecule has 27 heavy (non-hydrogen) atoms. The smallest absolute Gasteiger partial charge is 0.244 e. The topological polar surface area (TPSA) is 41.5 Å². The fraction of sp³-hybridized carbons (Fsp3) is 0.130. The Balaban J connectivity index is 1.54. The average Bonchev–Trinajstić information content (AvgIpc) is 3.47. The Morgan fingerprint density at radius 1 is 0.963 bits per heavy atom. The molecule has 4 rings (SSSR count). The van der Waals surface area contributed by atoms with E-state index in [-0.39, 0.29) is 17.2 Å². The molecule has 3 nitrogen and oxygen atoms in total. The average molecular weight is 375 g/mol. The van der Waals surface area contributed by atoms with E-state index in [1.165, 1.54) is 0 Å². The molecule has 0 aliphatic heterocycles. The summed E-state index contributed by atoms with van der Waals surface area (Å²) in [5.74, 6) is -0.209. The van der Waals surface area contributed by atoms with Gasteiger partial charge in [-0.2, -0.15) is 5.10 Å². The molecular weight excluding hydrogens is 356 g/mol. The maximum Gasteiger partial charge on any atom is 0.244 e. The van der Waals surface area contributed by atoms with Crippen LogP contribution in [0.5, 0.6) is 0 Å².